The van der Waals surface area contributed by atoms with Crippen LogP contribution in [0, 0.1) is 0 Å². The van der Waals surface area contributed by atoms with Crippen LogP contribution in [0.2, 0.25) is 0 Å². The maximum atomic E-state index is 5.98. The van der Waals surface area contributed by atoms with Crippen LogP contribution in [-0.4, -0.2) is 36.3 Å². The molecule has 2 rings (SSSR count). The summed E-state index contributed by atoms with van der Waals surface area (Å²) in [6.45, 7) is 1.57. The Balaban J connectivity index is 1.98. The van der Waals surface area contributed by atoms with Gasteiger partial charge in [0.05, 0.1) is 0 Å². The zero-order valence-electron chi connectivity index (χ0n) is 12.7. The van der Waals surface area contributed by atoms with Gasteiger partial charge in [-0.25, -0.2) is 0 Å². The molecular formula is C17H23N3S. The molecule has 2 aromatic rings. The fourth-order valence-corrected chi connectivity index (χ4v) is 2.80. The number of pyridine rings is 1. The largest absolute Gasteiger partial charge is 0.329 e. The molecular weight excluding hydrogens is 278 g/mol. The summed E-state index contributed by atoms with van der Waals surface area (Å²) in [4.78, 5) is 7.96. The Morgan fingerprint density at radius 3 is 2.52 bits per heavy atom. The van der Waals surface area contributed by atoms with E-state index in [1.807, 2.05) is 18.3 Å². The van der Waals surface area contributed by atoms with Gasteiger partial charge < -0.3 is 5.73 Å². The minimum absolute atomic E-state index is 0.254. The van der Waals surface area contributed by atoms with Gasteiger partial charge in [-0.15, -0.1) is 11.8 Å². The lowest BCUT2D eigenvalue weighted by Gasteiger charge is -2.27. The van der Waals surface area contributed by atoms with Crippen LogP contribution in [0.1, 0.15) is 17.3 Å². The maximum absolute atomic E-state index is 5.98. The average molecular weight is 301 g/mol. The molecule has 4 heteroatoms. The van der Waals surface area contributed by atoms with E-state index in [1.54, 1.807) is 11.8 Å². The van der Waals surface area contributed by atoms with Gasteiger partial charge in [-0.3, -0.25) is 9.88 Å². The van der Waals surface area contributed by atoms with Crippen LogP contribution in [0.25, 0.3) is 0 Å². The van der Waals surface area contributed by atoms with Crippen molar-refractivity contribution < 1.29 is 0 Å². The molecule has 0 amide bonds. The molecule has 0 spiro atoms. The topological polar surface area (TPSA) is 42.1 Å². The van der Waals surface area contributed by atoms with Crippen molar-refractivity contribution in [1.82, 2.24) is 9.88 Å². The Morgan fingerprint density at radius 2 is 1.95 bits per heavy atom. The molecule has 0 saturated heterocycles. The van der Waals surface area contributed by atoms with Crippen molar-refractivity contribution in [2.24, 2.45) is 5.73 Å². The van der Waals surface area contributed by atoms with E-state index in [9.17, 15) is 0 Å². The third-order valence-corrected chi connectivity index (χ3v) is 4.45. The second-order valence-electron chi connectivity index (χ2n) is 5.08. The van der Waals surface area contributed by atoms with Crippen molar-refractivity contribution in [3.05, 3.63) is 59.9 Å². The molecule has 0 aliphatic carbocycles. The molecule has 1 atom stereocenters. The summed E-state index contributed by atoms with van der Waals surface area (Å²) in [5, 5.41) is 0. The van der Waals surface area contributed by atoms with E-state index in [2.05, 4.69) is 53.5 Å². The number of aromatic nitrogens is 1. The summed E-state index contributed by atoms with van der Waals surface area (Å²) < 4.78 is 0. The van der Waals surface area contributed by atoms with Crippen LogP contribution in [0.15, 0.2) is 53.6 Å². The van der Waals surface area contributed by atoms with Gasteiger partial charge in [0.2, 0.25) is 0 Å². The Kier molecular flexibility index (Phi) is 6.23. The second-order valence-corrected chi connectivity index (χ2v) is 5.96. The molecule has 1 heterocycles. The van der Waals surface area contributed by atoms with E-state index < -0.39 is 0 Å². The number of rotatable bonds is 7. The highest BCUT2D eigenvalue weighted by molar-refractivity contribution is 7.98. The third kappa shape index (κ3) is 4.56. The van der Waals surface area contributed by atoms with Crippen LogP contribution < -0.4 is 5.73 Å². The summed E-state index contributed by atoms with van der Waals surface area (Å²) in [7, 11) is 2.13. The quantitative estimate of drug-likeness (QED) is 0.798. The first-order chi connectivity index (χ1) is 10.2. The van der Waals surface area contributed by atoms with Gasteiger partial charge in [-0.2, -0.15) is 0 Å². The molecule has 1 aromatic carbocycles. The lowest BCUT2D eigenvalue weighted by molar-refractivity contribution is 0.252. The van der Waals surface area contributed by atoms with Gasteiger partial charge in [0.15, 0.2) is 0 Å². The third-order valence-electron chi connectivity index (χ3n) is 3.70. The number of nitrogens with zero attached hydrogens (tertiary/aromatic N) is 2. The smallest absolute Gasteiger partial charge is 0.0467 e. The molecule has 0 aliphatic heterocycles. The lowest BCUT2D eigenvalue weighted by atomic mass is 10.1. The van der Waals surface area contributed by atoms with Crippen LogP contribution in [-0.2, 0) is 6.42 Å². The number of thioether (sulfide) groups is 1. The fourth-order valence-electron chi connectivity index (χ4n) is 2.39. The van der Waals surface area contributed by atoms with Crippen LogP contribution in [0.4, 0.5) is 0 Å². The van der Waals surface area contributed by atoms with Crippen molar-refractivity contribution in [3.63, 3.8) is 0 Å². The zero-order chi connectivity index (χ0) is 15.1. The van der Waals surface area contributed by atoms with E-state index in [0.29, 0.717) is 6.54 Å². The van der Waals surface area contributed by atoms with E-state index in [1.165, 1.54) is 10.5 Å². The summed E-state index contributed by atoms with van der Waals surface area (Å²) in [5.41, 5.74) is 8.38. The molecule has 1 unspecified atom stereocenters. The van der Waals surface area contributed by atoms with Crippen molar-refractivity contribution >= 4 is 11.8 Å². The van der Waals surface area contributed by atoms with Gasteiger partial charge in [0.1, 0.15) is 0 Å². The Hall–Kier alpha value is -1.36. The van der Waals surface area contributed by atoms with E-state index in [0.717, 1.165) is 18.7 Å². The van der Waals surface area contributed by atoms with Gasteiger partial charge in [0, 0.05) is 42.3 Å². The predicted octanol–water partition coefficient (Wildman–Crippen LogP) is 2.98. The number of likely N-dealkylation sites (N-methyl/N-ethyl adjacent to an activating group) is 1. The fraction of sp³-hybridized carbons (Fsp3) is 0.353. The number of nitrogens with two attached hydrogens (primary N) is 1. The highest BCUT2D eigenvalue weighted by Crippen LogP contribution is 2.22. The molecule has 0 saturated carbocycles. The predicted molar refractivity (Wildman–Crippen MR) is 90.6 cm³/mol. The minimum Gasteiger partial charge on any atom is -0.329 e. The highest BCUT2D eigenvalue weighted by Gasteiger charge is 2.15. The maximum Gasteiger partial charge on any atom is 0.0467 e. The summed E-state index contributed by atoms with van der Waals surface area (Å²) >= 11 is 1.76. The second kappa shape index (κ2) is 8.17. The zero-order valence-corrected chi connectivity index (χ0v) is 13.5. The van der Waals surface area contributed by atoms with Crippen molar-refractivity contribution in [2.75, 3.05) is 26.4 Å². The molecule has 21 heavy (non-hydrogen) atoms. The molecule has 0 fully saturated rings. The molecule has 1 aromatic heterocycles. The molecule has 0 radical (unpaired) electrons. The van der Waals surface area contributed by atoms with Crippen molar-refractivity contribution in [1.29, 1.82) is 0 Å². The van der Waals surface area contributed by atoms with Crippen molar-refractivity contribution in [2.45, 2.75) is 17.4 Å². The van der Waals surface area contributed by atoms with Crippen LogP contribution in [0.3, 0.4) is 0 Å². The molecule has 112 valence electrons. The number of benzene rings is 1. The van der Waals surface area contributed by atoms with Crippen molar-refractivity contribution in [3.8, 4) is 0 Å². The molecule has 0 aliphatic rings. The number of hydrogen-bond donors (Lipinski definition) is 1. The first-order valence-electron chi connectivity index (χ1n) is 7.18. The summed E-state index contributed by atoms with van der Waals surface area (Å²) in [5.74, 6) is 0. The van der Waals surface area contributed by atoms with E-state index >= 15 is 0 Å². The Bertz CT molecular complexity index is 527. The first kappa shape index (κ1) is 16.0. The van der Waals surface area contributed by atoms with E-state index in [4.69, 9.17) is 5.73 Å². The normalized spacial score (nSPS) is 12.6. The molecule has 3 nitrogen and oxygen atoms in total. The van der Waals surface area contributed by atoms with Crippen LogP contribution >= 0.6 is 11.8 Å². The summed E-state index contributed by atoms with van der Waals surface area (Å²) in [6.07, 6.45) is 4.88. The highest BCUT2D eigenvalue weighted by atomic mass is 32.2. The van der Waals surface area contributed by atoms with Crippen LogP contribution in [0.5, 0.6) is 0 Å². The monoisotopic (exact) mass is 301 g/mol. The van der Waals surface area contributed by atoms with Gasteiger partial charge in [-0.1, -0.05) is 18.2 Å². The summed E-state index contributed by atoms with van der Waals surface area (Å²) in [6, 6.07) is 15.0. The van der Waals surface area contributed by atoms with Gasteiger partial charge in [0.25, 0.3) is 0 Å². The Morgan fingerprint density at radius 1 is 1.19 bits per heavy atom. The van der Waals surface area contributed by atoms with Gasteiger partial charge in [-0.05, 0) is 43.1 Å². The van der Waals surface area contributed by atoms with Gasteiger partial charge >= 0.3 is 0 Å². The minimum atomic E-state index is 0.254. The average Bonchev–Trinajstić information content (AvgIpc) is 2.55. The Labute approximate surface area is 131 Å². The SMILES string of the molecule is CSc1ccc(C(CN)N(C)CCc2ccccn2)cc1. The lowest BCUT2D eigenvalue weighted by Crippen LogP contribution is -2.32. The molecule has 0 bridgehead atoms. The van der Waals surface area contributed by atoms with E-state index in [-0.39, 0.29) is 6.04 Å². The first-order valence-corrected chi connectivity index (χ1v) is 8.41. The molecule has 2 N–H and O–H groups in total. The standard InChI is InChI=1S/C17H23N3S/c1-20(12-10-15-5-3-4-11-19-15)17(13-18)14-6-8-16(21-2)9-7-14/h3-9,11,17H,10,12-13,18H2,1-2H3. The number of hydrogen-bond acceptors (Lipinski definition) is 4.